The van der Waals surface area contributed by atoms with Crippen molar-refractivity contribution in [2.24, 2.45) is 0 Å². The number of halogens is 1. The molecule has 1 N–H and O–H groups in total. The van der Waals surface area contributed by atoms with Gasteiger partial charge in [0.1, 0.15) is 16.6 Å². The average Bonchev–Trinajstić information content (AvgIpc) is 2.64. The van der Waals surface area contributed by atoms with Crippen LogP contribution in [0, 0.1) is 0 Å². The maximum Gasteiger partial charge on any atom is 0.142 e. The van der Waals surface area contributed by atoms with Crippen LogP contribution >= 0.6 is 11.6 Å². The van der Waals surface area contributed by atoms with E-state index in [1.54, 1.807) is 0 Å². The van der Waals surface area contributed by atoms with Gasteiger partial charge < -0.3 is 4.98 Å². The third kappa shape index (κ3) is 1.48. The van der Waals surface area contributed by atoms with Gasteiger partial charge in [-0.3, -0.25) is 0 Å². The Morgan fingerprint density at radius 2 is 2.29 bits per heavy atom. The van der Waals surface area contributed by atoms with Gasteiger partial charge in [0.25, 0.3) is 0 Å². The molecule has 1 atom stereocenters. The van der Waals surface area contributed by atoms with Gasteiger partial charge in [0.05, 0.1) is 5.39 Å². The van der Waals surface area contributed by atoms with Gasteiger partial charge in [-0.2, -0.15) is 0 Å². The van der Waals surface area contributed by atoms with Crippen LogP contribution in [-0.2, 0) is 0 Å². The van der Waals surface area contributed by atoms with E-state index in [-0.39, 0.29) is 0 Å². The van der Waals surface area contributed by atoms with Crippen LogP contribution < -0.4 is 0 Å². The third-order valence-corrected chi connectivity index (χ3v) is 2.73. The molecule has 0 aliphatic rings. The van der Waals surface area contributed by atoms with Gasteiger partial charge in [0.15, 0.2) is 0 Å². The van der Waals surface area contributed by atoms with E-state index >= 15 is 0 Å². The van der Waals surface area contributed by atoms with Crippen LogP contribution in [0.25, 0.3) is 11.0 Å². The van der Waals surface area contributed by atoms with E-state index in [4.69, 9.17) is 11.6 Å². The first-order valence-electron chi connectivity index (χ1n) is 4.73. The third-order valence-electron chi connectivity index (χ3n) is 2.44. The predicted octanol–water partition coefficient (Wildman–Crippen LogP) is 3.12. The maximum atomic E-state index is 6.03. The van der Waals surface area contributed by atoms with Crippen molar-refractivity contribution in [1.29, 1.82) is 0 Å². The van der Waals surface area contributed by atoms with Crippen molar-refractivity contribution in [3.63, 3.8) is 0 Å². The molecule has 0 fully saturated rings. The number of hydrogen-bond donors (Lipinski definition) is 1. The van der Waals surface area contributed by atoms with E-state index in [0.717, 1.165) is 23.3 Å². The van der Waals surface area contributed by atoms with Gasteiger partial charge in [0.2, 0.25) is 0 Å². The smallest absolute Gasteiger partial charge is 0.142 e. The van der Waals surface area contributed by atoms with Gasteiger partial charge in [-0.25, -0.2) is 9.97 Å². The lowest BCUT2D eigenvalue weighted by Gasteiger charge is -2.06. The van der Waals surface area contributed by atoms with Crippen LogP contribution in [0.5, 0.6) is 0 Å². The first-order chi connectivity index (χ1) is 6.72. The Morgan fingerprint density at radius 3 is 3.00 bits per heavy atom. The molecular formula is C10H12ClN3. The minimum Gasteiger partial charge on any atom is -0.346 e. The van der Waals surface area contributed by atoms with Crippen molar-refractivity contribution in [2.75, 3.05) is 0 Å². The zero-order chi connectivity index (χ0) is 10.1. The summed E-state index contributed by atoms with van der Waals surface area (Å²) >= 11 is 6.03. The molecular weight excluding hydrogens is 198 g/mol. The minimum absolute atomic E-state index is 0.347. The Labute approximate surface area is 87.5 Å². The molecule has 2 aromatic heterocycles. The molecule has 1 unspecified atom stereocenters. The minimum atomic E-state index is 0.347. The standard InChI is InChI=1S/C10H12ClN3/c1-3-6(2)9-13-8(11)7-4-5-12-10(7)14-9/h4-6H,3H2,1-2H3,(H,12,13,14). The van der Waals surface area contributed by atoms with E-state index in [0.29, 0.717) is 11.1 Å². The fourth-order valence-corrected chi connectivity index (χ4v) is 1.56. The molecule has 0 saturated heterocycles. The number of hydrogen-bond acceptors (Lipinski definition) is 2. The average molecular weight is 210 g/mol. The van der Waals surface area contributed by atoms with Crippen molar-refractivity contribution in [3.8, 4) is 0 Å². The monoisotopic (exact) mass is 209 g/mol. The van der Waals surface area contributed by atoms with Crippen LogP contribution in [0.3, 0.4) is 0 Å². The molecule has 0 saturated carbocycles. The van der Waals surface area contributed by atoms with Crippen molar-refractivity contribution < 1.29 is 0 Å². The fourth-order valence-electron chi connectivity index (χ4n) is 1.32. The Bertz CT molecular complexity index is 450. The first kappa shape index (κ1) is 9.46. The number of rotatable bonds is 2. The van der Waals surface area contributed by atoms with Gasteiger partial charge in [0, 0.05) is 12.1 Å². The SMILES string of the molecule is CCC(C)c1nc(Cl)c2cc[nH]c2n1. The molecule has 2 rings (SSSR count). The summed E-state index contributed by atoms with van der Waals surface area (Å²) in [5.74, 6) is 1.16. The molecule has 0 spiro atoms. The van der Waals surface area contributed by atoms with E-state index in [2.05, 4.69) is 28.8 Å². The number of aromatic amines is 1. The van der Waals surface area contributed by atoms with E-state index in [1.807, 2.05) is 12.3 Å². The van der Waals surface area contributed by atoms with Crippen LogP contribution in [0.2, 0.25) is 5.15 Å². The lowest BCUT2D eigenvalue weighted by molar-refractivity contribution is 0.682. The van der Waals surface area contributed by atoms with Crippen LogP contribution in [0.15, 0.2) is 12.3 Å². The molecule has 2 heterocycles. The van der Waals surface area contributed by atoms with Gasteiger partial charge >= 0.3 is 0 Å². The van der Waals surface area contributed by atoms with E-state index in [9.17, 15) is 0 Å². The largest absolute Gasteiger partial charge is 0.346 e. The maximum absolute atomic E-state index is 6.03. The Hall–Kier alpha value is -1.09. The highest BCUT2D eigenvalue weighted by molar-refractivity contribution is 6.33. The number of fused-ring (bicyclic) bond motifs is 1. The summed E-state index contributed by atoms with van der Waals surface area (Å²) in [6, 6.07) is 1.89. The molecule has 2 aromatic rings. The quantitative estimate of drug-likeness (QED) is 0.773. The molecule has 74 valence electrons. The molecule has 0 radical (unpaired) electrons. The van der Waals surface area contributed by atoms with Gasteiger partial charge in [-0.15, -0.1) is 0 Å². The van der Waals surface area contributed by atoms with Gasteiger partial charge in [-0.1, -0.05) is 25.4 Å². The molecule has 0 amide bonds. The van der Waals surface area contributed by atoms with Crippen LogP contribution in [-0.4, -0.2) is 15.0 Å². The van der Waals surface area contributed by atoms with Crippen LogP contribution in [0.1, 0.15) is 32.0 Å². The highest BCUT2D eigenvalue weighted by Crippen LogP contribution is 2.23. The topological polar surface area (TPSA) is 41.6 Å². The fraction of sp³-hybridized carbons (Fsp3) is 0.400. The summed E-state index contributed by atoms with van der Waals surface area (Å²) in [6.45, 7) is 4.21. The van der Waals surface area contributed by atoms with E-state index in [1.165, 1.54) is 0 Å². The molecule has 0 bridgehead atoms. The number of nitrogens with zero attached hydrogens (tertiary/aromatic N) is 2. The first-order valence-corrected chi connectivity index (χ1v) is 5.10. The van der Waals surface area contributed by atoms with Crippen LogP contribution in [0.4, 0.5) is 0 Å². The number of nitrogens with one attached hydrogen (secondary N) is 1. The number of aromatic nitrogens is 3. The normalized spacial score (nSPS) is 13.4. The lowest BCUT2D eigenvalue weighted by atomic mass is 10.1. The lowest BCUT2D eigenvalue weighted by Crippen LogP contribution is -2.00. The summed E-state index contributed by atoms with van der Waals surface area (Å²) < 4.78 is 0. The van der Waals surface area contributed by atoms with Crippen molar-refractivity contribution in [2.45, 2.75) is 26.2 Å². The summed E-state index contributed by atoms with van der Waals surface area (Å²) in [4.78, 5) is 11.7. The Morgan fingerprint density at radius 1 is 1.50 bits per heavy atom. The number of H-pyrrole nitrogens is 1. The second-order valence-electron chi connectivity index (χ2n) is 3.42. The summed E-state index contributed by atoms with van der Waals surface area (Å²) in [6.07, 6.45) is 2.84. The molecule has 0 aliphatic heterocycles. The zero-order valence-electron chi connectivity index (χ0n) is 8.21. The van der Waals surface area contributed by atoms with Gasteiger partial charge in [-0.05, 0) is 12.5 Å². The Kier molecular flexibility index (Phi) is 2.42. The summed E-state index contributed by atoms with van der Waals surface area (Å²) in [5.41, 5.74) is 0.820. The predicted molar refractivity (Wildman–Crippen MR) is 57.6 cm³/mol. The van der Waals surface area contributed by atoms with Crippen molar-refractivity contribution >= 4 is 22.6 Å². The molecule has 14 heavy (non-hydrogen) atoms. The molecule has 4 heteroatoms. The summed E-state index contributed by atoms with van der Waals surface area (Å²) in [7, 11) is 0. The van der Waals surface area contributed by atoms with Crippen molar-refractivity contribution in [3.05, 3.63) is 23.2 Å². The molecule has 3 nitrogen and oxygen atoms in total. The highest BCUT2D eigenvalue weighted by atomic mass is 35.5. The second-order valence-corrected chi connectivity index (χ2v) is 3.78. The van der Waals surface area contributed by atoms with E-state index < -0.39 is 0 Å². The summed E-state index contributed by atoms with van der Waals surface area (Å²) in [5, 5.41) is 1.42. The zero-order valence-corrected chi connectivity index (χ0v) is 8.97. The van der Waals surface area contributed by atoms with Crippen molar-refractivity contribution in [1.82, 2.24) is 15.0 Å². The second kappa shape index (κ2) is 3.58. The Balaban J connectivity index is 2.58. The molecule has 0 aliphatic carbocycles. The highest BCUT2D eigenvalue weighted by Gasteiger charge is 2.10. The molecule has 0 aromatic carbocycles.